The number of amides is 1. The van der Waals surface area contributed by atoms with Crippen LogP contribution >= 0.6 is 11.3 Å². The maximum absolute atomic E-state index is 12.2. The van der Waals surface area contributed by atoms with Gasteiger partial charge in [-0.1, -0.05) is 25.5 Å². The summed E-state index contributed by atoms with van der Waals surface area (Å²) in [4.78, 5) is 15.0. The van der Waals surface area contributed by atoms with Gasteiger partial charge in [0.05, 0.1) is 6.61 Å². The van der Waals surface area contributed by atoms with Gasteiger partial charge in [0.2, 0.25) is 0 Å². The second kappa shape index (κ2) is 7.34. The fourth-order valence-electron chi connectivity index (χ4n) is 3.48. The summed E-state index contributed by atoms with van der Waals surface area (Å²) < 4.78 is 6.54. The summed E-state index contributed by atoms with van der Waals surface area (Å²) in [5.74, 6) is 0. The number of hydrogen-bond donors (Lipinski definition) is 1. The number of benzene rings is 1. The van der Waals surface area contributed by atoms with Gasteiger partial charge in [0.15, 0.2) is 0 Å². The van der Waals surface area contributed by atoms with E-state index in [0.717, 1.165) is 17.7 Å². The minimum absolute atomic E-state index is 0.0418. The van der Waals surface area contributed by atoms with E-state index in [1.165, 1.54) is 15.6 Å². The lowest BCUT2D eigenvalue weighted by molar-refractivity contribution is -0.0423. The number of likely N-dealkylation sites (tertiary alicyclic amines) is 1. The van der Waals surface area contributed by atoms with Crippen LogP contribution in [0.15, 0.2) is 24.3 Å². The van der Waals surface area contributed by atoms with Crippen LogP contribution in [0.5, 0.6) is 0 Å². The quantitative estimate of drug-likeness (QED) is 0.795. The molecule has 0 saturated carbocycles. The van der Waals surface area contributed by atoms with Gasteiger partial charge in [-0.25, -0.2) is 4.79 Å². The maximum atomic E-state index is 12.2. The lowest BCUT2D eigenvalue weighted by Gasteiger charge is -2.41. The van der Waals surface area contributed by atoms with E-state index in [4.69, 9.17) is 4.74 Å². The Hall–Kier alpha value is -1.59. The molecule has 0 aliphatic carbocycles. The topological polar surface area (TPSA) is 49.8 Å². The fraction of sp³-hybridized carbons (Fsp3) is 0.550. The van der Waals surface area contributed by atoms with Crippen LogP contribution in [0.25, 0.3) is 10.1 Å². The number of piperidine rings is 1. The molecule has 25 heavy (non-hydrogen) atoms. The SMILES string of the molecule is CCCCOC(=O)N1CCC(O)(c2cc3ccc(C)cc3s2)CC1C. The average molecular weight is 362 g/mol. The predicted molar refractivity (Wildman–Crippen MR) is 102 cm³/mol. The third kappa shape index (κ3) is 3.82. The molecule has 1 aromatic heterocycles. The maximum Gasteiger partial charge on any atom is 0.409 e. The Morgan fingerprint density at radius 1 is 1.44 bits per heavy atom. The van der Waals surface area contributed by atoms with Gasteiger partial charge < -0.3 is 14.7 Å². The van der Waals surface area contributed by atoms with Crippen molar-refractivity contribution in [1.82, 2.24) is 4.90 Å². The standard InChI is InChI=1S/C20H27NO3S/c1-4-5-10-24-19(22)21-9-8-20(23,13-15(21)3)18-12-16-7-6-14(2)11-17(16)25-18/h6-7,11-12,15,23H,4-5,8-10,13H2,1-3H3. The first kappa shape index (κ1) is 18.2. The normalized spacial score (nSPS) is 23.8. The lowest BCUT2D eigenvalue weighted by Crippen LogP contribution is -2.50. The van der Waals surface area contributed by atoms with Crippen molar-refractivity contribution in [3.8, 4) is 0 Å². The van der Waals surface area contributed by atoms with Crippen molar-refractivity contribution in [2.75, 3.05) is 13.2 Å². The smallest absolute Gasteiger partial charge is 0.409 e. The van der Waals surface area contributed by atoms with Gasteiger partial charge in [0.1, 0.15) is 5.60 Å². The fourth-order valence-corrected chi connectivity index (χ4v) is 4.76. The van der Waals surface area contributed by atoms with Crippen molar-refractivity contribution in [2.24, 2.45) is 0 Å². The molecule has 1 saturated heterocycles. The summed E-state index contributed by atoms with van der Waals surface area (Å²) in [6.07, 6.45) is 2.73. The van der Waals surface area contributed by atoms with E-state index in [1.54, 1.807) is 16.2 Å². The predicted octanol–water partition coefficient (Wildman–Crippen LogP) is 4.82. The monoisotopic (exact) mass is 361 g/mol. The summed E-state index contributed by atoms with van der Waals surface area (Å²) >= 11 is 1.66. The summed E-state index contributed by atoms with van der Waals surface area (Å²) in [5, 5.41) is 12.4. The van der Waals surface area contributed by atoms with Crippen LogP contribution in [0.3, 0.4) is 0 Å². The molecule has 1 amide bonds. The van der Waals surface area contributed by atoms with Crippen LogP contribution in [0, 0.1) is 6.92 Å². The van der Waals surface area contributed by atoms with Gasteiger partial charge in [-0.3, -0.25) is 0 Å². The van der Waals surface area contributed by atoms with Gasteiger partial charge >= 0.3 is 6.09 Å². The Morgan fingerprint density at radius 2 is 2.24 bits per heavy atom. The number of rotatable bonds is 4. The van der Waals surface area contributed by atoms with E-state index in [1.807, 2.05) is 6.92 Å². The minimum atomic E-state index is -0.864. The van der Waals surface area contributed by atoms with Crippen LogP contribution < -0.4 is 0 Å². The number of hydrogen-bond acceptors (Lipinski definition) is 4. The molecule has 1 aliphatic rings. The average Bonchev–Trinajstić information content (AvgIpc) is 2.99. The van der Waals surface area contributed by atoms with Gasteiger partial charge in [-0.05, 0) is 49.8 Å². The molecule has 3 rings (SSSR count). The van der Waals surface area contributed by atoms with Crippen molar-refractivity contribution in [3.05, 3.63) is 34.7 Å². The van der Waals surface area contributed by atoms with Crippen molar-refractivity contribution in [3.63, 3.8) is 0 Å². The number of fused-ring (bicyclic) bond motifs is 1. The second-order valence-corrected chi connectivity index (χ2v) is 8.23. The molecule has 2 atom stereocenters. The highest BCUT2D eigenvalue weighted by atomic mass is 32.1. The molecular formula is C20H27NO3S. The van der Waals surface area contributed by atoms with Gasteiger partial charge in [-0.15, -0.1) is 11.3 Å². The molecule has 1 fully saturated rings. The zero-order valence-electron chi connectivity index (χ0n) is 15.2. The van der Waals surface area contributed by atoms with Crippen LogP contribution in [0.4, 0.5) is 4.79 Å². The first-order valence-corrected chi connectivity index (χ1v) is 9.91. The number of aryl methyl sites for hydroxylation is 1. The molecule has 2 aromatic rings. The molecular weight excluding hydrogens is 334 g/mol. The molecule has 2 unspecified atom stereocenters. The zero-order chi connectivity index (χ0) is 18.0. The molecule has 1 aromatic carbocycles. The minimum Gasteiger partial charge on any atom is -0.449 e. The number of nitrogens with zero attached hydrogens (tertiary/aromatic N) is 1. The van der Waals surface area contributed by atoms with Crippen LogP contribution in [-0.2, 0) is 10.3 Å². The number of unbranched alkanes of at least 4 members (excludes halogenated alkanes) is 1. The highest BCUT2D eigenvalue weighted by molar-refractivity contribution is 7.19. The third-order valence-electron chi connectivity index (χ3n) is 5.02. The summed E-state index contributed by atoms with van der Waals surface area (Å²) in [6, 6.07) is 8.43. The molecule has 0 bridgehead atoms. The Labute approximate surface area is 153 Å². The van der Waals surface area contributed by atoms with Crippen molar-refractivity contribution in [2.45, 2.75) is 58.1 Å². The Balaban J connectivity index is 1.72. The molecule has 0 radical (unpaired) electrons. The van der Waals surface area contributed by atoms with Crippen molar-refractivity contribution >= 4 is 27.5 Å². The zero-order valence-corrected chi connectivity index (χ0v) is 16.1. The molecule has 1 aliphatic heterocycles. The Kier molecular flexibility index (Phi) is 5.35. The summed E-state index contributed by atoms with van der Waals surface area (Å²) in [7, 11) is 0. The number of aliphatic hydroxyl groups is 1. The number of carbonyl (C=O) groups excluding carboxylic acids is 1. The van der Waals surface area contributed by atoms with Gasteiger partial charge in [0, 0.05) is 28.6 Å². The largest absolute Gasteiger partial charge is 0.449 e. The van der Waals surface area contributed by atoms with E-state index in [2.05, 4.69) is 38.1 Å². The van der Waals surface area contributed by atoms with E-state index in [-0.39, 0.29) is 12.1 Å². The highest BCUT2D eigenvalue weighted by Crippen LogP contribution is 2.41. The molecule has 2 heterocycles. The molecule has 0 spiro atoms. The van der Waals surface area contributed by atoms with E-state index in [0.29, 0.717) is 26.0 Å². The first-order valence-electron chi connectivity index (χ1n) is 9.09. The molecule has 1 N–H and O–H groups in total. The van der Waals surface area contributed by atoms with Crippen LogP contribution in [0.2, 0.25) is 0 Å². The summed E-state index contributed by atoms with van der Waals surface area (Å²) in [6.45, 7) is 7.14. The highest BCUT2D eigenvalue weighted by Gasteiger charge is 2.41. The second-order valence-electron chi connectivity index (χ2n) is 7.15. The van der Waals surface area contributed by atoms with E-state index >= 15 is 0 Å². The van der Waals surface area contributed by atoms with Crippen molar-refractivity contribution < 1.29 is 14.6 Å². The summed E-state index contributed by atoms with van der Waals surface area (Å²) in [5.41, 5.74) is 0.364. The Morgan fingerprint density at radius 3 is 2.96 bits per heavy atom. The lowest BCUT2D eigenvalue weighted by atomic mass is 9.85. The van der Waals surface area contributed by atoms with Gasteiger partial charge in [0.25, 0.3) is 0 Å². The van der Waals surface area contributed by atoms with Crippen LogP contribution in [0.1, 0.15) is 50.0 Å². The molecule has 136 valence electrons. The van der Waals surface area contributed by atoms with Crippen molar-refractivity contribution in [1.29, 1.82) is 0 Å². The first-order chi connectivity index (χ1) is 11.9. The number of carbonyl (C=O) groups is 1. The number of ether oxygens (including phenoxy) is 1. The van der Waals surface area contributed by atoms with E-state index in [9.17, 15) is 9.90 Å². The van der Waals surface area contributed by atoms with E-state index < -0.39 is 5.60 Å². The Bertz CT molecular complexity index is 756. The molecule has 4 nitrogen and oxygen atoms in total. The van der Waals surface area contributed by atoms with Gasteiger partial charge in [-0.2, -0.15) is 0 Å². The number of thiophene rings is 1. The third-order valence-corrected chi connectivity index (χ3v) is 6.31. The molecule has 5 heteroatoms. The van der Waals surface area contributed by atoms with Crippen LogP contribution in [-0.4, -0.2) is 35.3 Å².